The lowest BCUT2D eigenvalue weighted by molar-refractivity contribution is -0.121. The number of aryl methyl sites for hydroxylation is 1. The molecular formula is C14H16N4O3. The lowest BCUT2D eigenvalue weighted by Gasteiger charge is -2.20. The number of piperazine rings is 1. The van der Waals surface area contributed by atoms with E-state index in [1.165, 1.54) is 0 Å². The van der Waals surface area contributed by atoms with Crippen LogP contribution < -0.4 is 15.4 Å². The van der Waals surface area contributed by atoms with Crippen LogP contribution >= 0.6 is 0 Å². The molecule has 1 saturated heterocycles. The van der Waals surface area contributed by atoms with Crippen molar-refractivity contribution in [3.8, 4) is 17.1 Å². The van der Waals surface area contributed by atoms with Gasteiger partial charge >= 0.3 is 0 Å². The number of hydrogen-bond acceptors (Lipinski definition) is 6. The summed E-state index contributed by atoms with van der Waals surface area (Å²) in [6.45, 7) is 2.67. The lowest BCUT2D eigenvalue weighted by Crippen LogP contribution is -2.47. The quantitative estimate of drug-likeness (QED) is 0.869. The first-order valence-corrected chi connectivity index (χ1v) is 6.66. The van der Waals surface area contributed by atoms with Gasteiger partial charge in [-0.3, -0.25) is 10.1 Å². The summed E-state index contributed by atoms with van der Waals surface area (Å²) in [6, 6.07) is 5.62. The average molecular weight is 288 g/mol. The summed E-state index contributed by atoms with van der Waals surface area (Å²) >= 11 is 0. The summed E-state index contributed by atoms with van der Waals surface area (Å²) < 4.78 is 10.6. The van der Waals surface area contributed by atoms with Crippen molar-refractivity contribution in [3.63, 3.8) is 0 Å². The first-order chi connectivity index (χ1) is 10.2. The Morgan fingerprint density at radius 3 is 3.00 bits per heavy atom. The Morgan fingerprint density at radius 1 is 1.43 bits per heavy atom. The second-order valence-corrected chi connectivity index (χ2v) is 4.90. The van der Waals surface area contributed by atoms with Crippen molar-refractivity contribution in [2.24, 2.45) is 0 Å². The van der Waals surface area contributed by atoms with Crippen LogP contribution in [0.25, 0.3) is 11.4 Å². The third-order valence-corrected chi connectivity index (χ3v) is 3.35. The SMILES string of the molecule is COc1cc(C)ccc1-c1noc(C2CNC(=O)CN2)n1. The number of nitrogens with zero attached hydrogens (tertiary/aromatic N) is 2. The number of ether oxygens (including phenoxy) is 1. The highest BCUT2D eigenvalue weighted by molar-refractivity contribution is 5.78. The van der Waals surface area contributed by atoms with Crippen molar-refractivity contribution in [3.05, 3.63) is 29.7 Å². The number of nitrogens with one attached hydrogen (secondary N) is 2. The summed E-state index contributed by atoms with van der Waals surface area (Å²) in [6.07, 6.45) is 0. The molecule has 0 saturated carbocycles. The fourth-order valence-corrected chi connectivity index (χ4v) is 2.21. The largest absolute Gasteiger partial charge is 0.496 e. The van der Waals surface area contributed by atoms with Crippen LogP contribution in [-0.4, -0.2) is 36.2 Å². The second kappa shape index (κ2) is 5.53. The van der Waals surface area contributed by atoms with Crippen molar-refractivity contribution in [2.75, 3.05) is 20.2 Å². The Labute approximate surface area is 121 Å². The van der Waals surface area contributed by atoms with Gasteiger partial charge in [0.1, 0.15) is 11.8 Å². The van der Waals surface area contributed by atoms with Gasteiger partial charge in [-0.1, -0.05) is 11.2 Å². The van der Waals surface area contributed by atoms with E-state index in [0.29, 0.717) is 24.0 Å². The van der Waals surface area contributed by atoms with Crippen LogP contribution in [0.2, 0.25) is 0 Å². The van der Waals surface area contributed by atoms with Crippen LogP contribution in [0, 0.1) is 6.92 Å². The molecule has 1 aromatic heterocycles. The van der Waals surface area contributed by atoms with Crippen molar-refractivity contribution < 1.29 is 14.1 Å². The Bertz CT molecular complexity index is 658. The van der Waals surface area contributed by atoms with Gasteiger partial charge in [0.05, 0.1) is 19.2 Å². The number of methoxy groups -OCH3 is 1. The second-order valence-electron chi connectivity index (χ2n) is 4.90. The van der Waals surface area contributed by atoms with E-state index < -0.39 is 0 Å². The Morgan fingerprint density at radius 2 is 2.29 bits per heavy atom. The Kier molecular flexibility index (Phi) is 3.57. The molecule has 1 aliphatic heterocycles. The number of carbonyl (C=O) groups is 1. The first-order valence-electron chi connectivity index (χ1n) is 6.66. The fourth-order valence-electron chi connectivity index (χ4n) is 2.21. The van der Waals surface area contributed by atoms with Gasteiger partial charge in [-0.05, 0) is 24.6 Å². The molecule has 2 aromatic rings. The van der Waals surface area contributed by atoms with Crippen LogP contribution in [-0.2, 0) is 4.79 Å². The molecule has 2 N–H and O–H groups in total. The molecule has 3 rings (SSSR count). The Hall–Kier alpha value is -2.41. The molecule has 7 heteroatoms. The summed E-state index contributed by atoms with van der Waals surface area (Å²) in [4.78, 5) is 15.5. The maximum absolute atomic E-state index is 11.1. The molecule has 21 heavy (non-hydrogen) atoms. The highest BCUT2D eigenvalue weighted by atomic mass is 16.5. The number of rotatable bonds is 3. The molecule has 7 nitrogen and oxygen atoms in total. The van der Waals surface area contributed by atoms with E-state index in [-0.39, 0.29) is 18.5 Å². The first kappa shape index (κ1) is 13.6. The lowest BCUT2D eigenvalue weighted by atomic mass is 10.1. The molecule has 0 aliphatic carbocycles. The number of carbonyl (C=O) groups excluding carboxylic acids is 1. The Balaban J connectivity index is 1.86. The minimum absolute atomic E-state index is 0.0359. The summed E-state index contributed by atoms with van der Waals surface area (Å²) in [5, 5.41) is 9.80. The minimum atomic E-state index is -0.166. The van der Waals surface area contributed by atoms with E-state index in [1.54, 1.807) is 7.11 Å². The molecule has 1 fully saturated rings. The zero-order valence-electron chi connectivity index (χ0n) is 11.8. The molecule has 0 radical (unpaired) electrons. The van der Waals surface area contributed by atoms with Crippen LogP contribution in [0.1, 0.15) is 17.5 Å². The van der Waals surface area contributed by atoms with Gasteiger partial charge in [-0.15, -0.1) is 0 Å². The summed E-state index contributed by atoms with van der Waals surface area (Å²) in [5.41, 5.74) is 1.87. The molecule has 0 spiro atoms. The zero-order chi connectivity index (χ0) is 14.8. The van der Waals surface area contributed by atoms with Gasteiger partial charge in [0.25, 0.3) is 0 Å². The van der Waals surface area contributed by atoms with Crippen LogP contribution in [0.4, 0.5) is 0 Å². The third-order valence-electron chi connectivity index (χ3n) is 3.35. The molecule has 1 aliphatic rings. The van der Waals surface area contributed by atoms with Gasteiger partial charge in [0, 0.05) is 6.54 Å². The maximum Gasteiger partial charge on any atom is 0.245 e. The molecule has 1 aromatic carbocycles. The fraction of sp³-hybridized carbons (Fsp3) is 0.357. The number of aromatic nitrogens is 2. The predicted molar refractivity (Wildman–Crippen MR) is 74.8 cm³/mol. The zero-order valence-corrected chi connectivity index (χ0v) is 11.8. The molecule has 1 amide bonds. The normalized spacial score (nSPS) is 18.4. The molecular weight excluding hydrogens is 272 g/mol. The van der Waals surface area contributed by atoms with E-state index in [0.717, 1.165) is 11.1 Å². The molecule has 2 heterocycles. The predicted octanol–water partition coefficient (Wildman–Crippen LogP) is 0.814. The minimum Gasteiger partial charge on any atom is -0.496 e. The van der Waals surface area contributed by atoms with Crippen molar-refractivity contribution in [1.29, 1.82) is 0 Å². The van der Waals surface area contributed by atoms with Gasteiger partial charge in [-0.2, -0.15) is 4.98 Å². The number of benzene rings is 1. The van der Waals surface area contributed by atoms with Gasteiger partial charge < -0.3 is 14.6 Å². The summed E-state index contributed by atoms with van der Waals surface area (Å²) in [5.74, 6) is 1.59. The summed E-state index contributed by atoms with van der Waals surface area (Å²) in [7, 11) is 1.61. The third kappa shape index (κ3) is 2.73. The average Bonchev–Trinajstić information content (AvgIpc) is 2.97. The number of amides is 1. The van der Waals surface area contributed by atoms with E-state index >= 15 is 0 Å². The van der Waals surface area contributed by atoms with Crippen molar-refractivity contribution >= 4 is 5.91 Å². The van der Waals surface area contributed by atoms with E-state index in [4.69, 9.17) is 9.26 Å². The van der Waals surface area contributed by atoms with Crippen LogP contribution in [0.3, 0.4) is 0 Å². The van der Waals surface area contributed by atoms with Gasteiger partial charge in [0.15, 0.2) is 0 Å². The molecule has 1 unspecified atom stereocenters. The topological polar surface area (TPSA) is 89.3 Å². The van der Waals surface area contributed by atoms with Crippen LogP contribution in [0.15, 0.2) is 22.7 Å². The van der Waals surface area contributed by atoms with Crippen molar-refractivity contribution in [1.82, 2.24) is 20.8 Å². The number of hydrogen-bond donors (Lipinski definition) is 2. The van der Waals surface area contributed by atoms with E-state index in [2.05, 4.69) is 20.8 Å². The van der Waals surface area contributed by atoms with Crippen molar-refractivity contribution in [2.45, 2.75) is 13.0 Å². The monoisotopic (exact) mass is 288 g/mol. The highest BCUT2D eigenvalue weighted by Crippen LogP contribution is 2.29. The highest BCUT2D eigenvalue weighted by Gasteiger charge is 2.24. The van der Waals surface area contributed by atoms with Gasteiger partial charge in [0.2, 0.25) is 17.6 Å². The smallest absolute Gasteiger partial charge is 0.245 e. The molecule has 0 bridgehead atoms. The maximum atomic E-state index is 11.1. The molecule has 1 atom stereocenters. The van der Waals surface area contributed by atoms with E-state index in [9.17, 15) is 4.79 Å². The molecule has 110 valence electrons. The van der Waals surface area contributed by atoms with Gasteiger partial charge in [-0.25, -0.2) is 0 Å². The standard InChI is InChI=1S/C14H16N4O3/c1-8-3-4-9(11(5-8)20-2)13-17-14(21-18-13)10-6-16-12(19)7-15-10/h3-5,10,15H,6-7H2,1-2H3,(H,16,19). The van der Waals surface area contributed by atoms with Crippen LogP contribution in [0.5, 0.6) is 5.75 Å². The van der Waals surface area contributed by atoms with E-state index in [1.807, 2.05) is 25.1 Å².